The maximum absolute atomic E-state index is 12.9. The molecule has 7 heteroatoms. The first-order chi connectivity index (χ1) is 12.1. The lowest BCUT2D eigenvalue weighted by Crippen LogP contribution is -2.29. The molecule has 0 radical (unpaired) electrons. The van der Waals surface area contributed by atoms with Crippen LogP contribution in [0.4, 0.5) is 5.69 Å². The van der Waals surface area contributed by atoms with Crippen LogP contribution in [0, 0.1) is 0 Å². The average molecular weight is 346 g/mol. The van der Waals surface area contributed by atoms with Crippen LogP contribution in [0.2, 0.25) is 0 Å². The number of nitrogens with one attached hydrogen (secondary N) is 1. The SMILES string of the molecule is CCOC(=O)c1cc(OC)c2c3c(c(=O)n(COC)c2c1)CCCN3. The van der Waals surface area contributed by atoms with Crippen molar-refractivity contribution in [3.63, 3.8) is 0 Å². The van der Waals surface area contributed by atoms with Crippen LogP contribution in [0.5, 0.6) is 5.75 Å². The predicted octanol–water partition coefficient (Wildman–Crippen LogP) is 2.15. The van der Waals surface area contributed by atoms with Gasteiger partial charge in [0.2, 0.25) is 0 Å². The second kappa shape index (κ2) is 7.14. The molecule has 7 nitrogen and oxygen atoms in total. The van der Waals surface area contributed by atoms with Gasteiger partial charge in [-0.1, -0.05) is 0 Å². The Morgan fingerprint density at radius 2 is 2.12 bits per heavy atom. The molecule has 0 atom stereocenters. The van der Waals surface area contributed by atoms with Crippen molar-refractivity contribution in [1.82, 2.24) is 4.57 Å². The molecule has 1 aromatic carbocycles. The molecular formula is C18H22N2O5. The summed E-state index contributed by atoms with van der Waals surface area (Å²) in [7, 11) is 3.08. The second-order valence-corrected chi connectivity index (χ2v) is 5.83. The summed E-state index contributed by atoms with van der Waals surface area (Å²) in [5.74, 6) is 0.0702. The molecule has 3 rings (SSSR count). The maximum atomic E-state index is 12.9. The summed E-state index contributed by atoms with van der Waals surface area (Å²) < 4.78 is 17.4. The molecule has 1 aromatic heterocycles. The highest BCUT2D eigenvalue weighted by Crippen LogP contribution is 2.36. The van der Waals surface area contributed by atoms with E-state index in [0.29, 0.717) is 23.3 Å². The molecule has 1 aliphatic heterocycles. The van der Waals surface area contributed by atoms with Crippen LogP contribution in [0.1, 0.15) is 29.3 Å². The molecule has 0 saturated carbocycles. The van der Waals surface area contributed by atoms with E-state index < -0.39 is 5.97 Å². The average Bonchev–Trinajstić information content (AvgIpc) is 2.64. The number of carbonyl (C=O) groups is 1. The normalized spacial score (nSPS) is 13.2. The van der Waals surface area contributed by atoms with Crippen molar-refractivity contribution in [1.29, 1.82) is 0 Å². The first-order valence-electron chi connectivity index (χ1n) is 8.29. The summed E-state index contributed by atoms with van der Waals surface area (Å²) in [5.41, 5.74) is 2.32. The van der Waals surface area contributed by atoms with Gasteiger partial charge < -0.3 is 19.5 Å². The summed E-state index contributed by atoms with van der Waals surface area (Å²) in [6, 6.07) is 3.31. The molecule has 1 aliphatic rings. The lowest BCUT2D eigenvalue weighted by atomic mass is 9.99. The van der Waals surface area contributed by atoms with Gasteiger partial charge in [0.15, 0.2) is 0 Å². The van der Waals surface area contributed by atoms with Crippen LogP contribution >= 0.6 is 0 Å². The summed E-state index contributed by atoms with van der Waals surface area (Å²) >= 11 is 0. The largest absolute Gasteiger partial charge is 0.496 e. The molecule has 0 fully saturated rings. The summed E-state index contributed by atoms with van der Waals surface area (Å²) in [6.45, 7) is 2.91. The molecule has 1 N–H and O–H groups in total. The van der Waals surface area contributed by atoms with Crippen molar-refractivity contribution in [3.8, 4) is 5.75 Å². The zero-order chi connectivity index (χ0) is 18.0. The summed E-state index contributed by atoms with van der Waals surface area (Å²) in [5, 5.41) is 4.09. The predicted molar refractivity (Wildman–Crippen MR) is 94.5 cm³/mol. The third kappa shape index (κ3) is 2.95. The van der Waals surface area contributed by atoms with Gasteiger partial charge in [-0.05, 0) is 31.9 Å². The number of anilines is 1. The van der Waals surface area contributed by atoms with E-state index >= 15 is 0 Å². The highest BCUT2D eigenvalue weighted by Gasteiger charge is 2.23. The monoisotopic (exact) mass is 346 g/mol. The van der Waals surface area contributed by atoms with Gasteiger partial charge in [0, 0.05) is 19.2 Å². The molecule has 2 aromatic rings. The third-order valence-corrected chi connectivity index (χ3v) is 4.32. The Labute approximate surface area is 145 Å². The van der Waals surface area contributed by atoms with E-state index in [-0.39, 0.29) is 18.9 Å². The smallest absolute Gasteiger partial charge is 0.338 e. The number of fused-ring (bicyclic) bond motifs is 3. The van der Waals surface area contributed by atoms with Gasteiger partial charge in [-0.2, -0.15) is 0 Å². The van der Waals surface area contributed by atoms with Crippen molar-refractivity contribution >= 4 is 22.6 Å². The zero-order valence-corrected chi connectivity index (χ0v) is 14.7. The molecule has 0 unspecified atom stereocenters. The second-order valence-electron chi connectivity index (χ2n) is 5.83. The van der Waals surface area contributed by atoms with Crippen molar-refractivity contribution in [2.45, 2.75) is 26.5 Å². The quantitative estimate of drug-likeness (QED) is 0.836. The molecule has 0 bridgehead atoms. The zero-order valence-electron chi connectivity index (χ0n) is 14.7. The third-order valence-electron chi connectivity index (χ3n) is 4.32. The molecule has 0 amide bonds. The fourth-order valence-corrected chi connectivity index (χ4v) is 3.25. The van der Waals surface area contributed by atoms with E-state index in [1.165, 1.54) is 11.7 Å². The van der Waals surface area contributed by atoms with Crippen LogP contribution in [0.3, 0.4) is 0 Å². The summed E-state index contributed by atoms with van der Waals surface area (Å²) in [6.07, 6.45) is 1.59. The number of ether oxygens (including phenoxy) is 3. The number of aromatic nitrogens is 1. The van der Waals surface area contributed by atoms with Crippen molar-refractivity contribution in [3.05, 3.63) is 33.6 Å². The first-order valence-corrected chi connectivity index (χ1v) is 8.29. The molecule has 0 aliphatic carbocycles. The molecule has 0 spiro atoms. The molecule has 2 heterocycles. The lowest BCUT2D eigenvalue weighted by Gasteiger charge is -2.23. The highest BCUT2D eigenvalue weighted by molar-refractivity contribution is 6.03. The Kier molecular flexibility index (Phi) is 4.94. The fourth-order valence-electron chi connectivity index (χ4n) is 3.25. The van der Waals surface area contributed by atoms with E-state index in [4.69, 9.17) is 14.2 Å². The van der Waals surface area contributed by atoms with Crippen LogP contribution in [0.25, 0.3) is 10.9 Å². The Morgan fingerprint density at radius 3 is 2.80 bits per heavy atom. The van der Waals surface area contributed by atoms with Gasteiger partial charge in [-0.15, -0.1) is 0 Å². The van der Waals surface area contributed by atoms with Gasteiger partial charge in [-0.25, -0.2) is 4.79 Å². The van der Waals surface area contributed by atoms with Crippen molar-refractivity contribution in [2.24, 2.45) is 0 Å². The Morgan fingerprint density at radius 1 is 1.32 bits per heavy atom. The first kappa shape index (κ1) is 17.3. The standard InChI is InChI=1S/C18H22N2O5/c1-4-25-18(22)11-8-13-15(14(9-11)24-3)16-12(6-5-7-19-16)17(21)20(13)10-23-2/h8-9,19H,4-7,10H2,1-3H3. The van der Waals surface area contributed by atoms with Gasteiger partial charge in [0.05, 0.1) is 35.9 Å². The van der Waals surface area contributed by atoms with Gasteiger partial charge in [0.1, 0.15) is 12.5 Å². The molecular weight excluding hydrogens is 324 g/mol. The Hall–Kier alpha value is -2.54. The minimum atomic E-state index is -0.454. The van der Waals surface area contributed by atoms with Crippen molar-refractivity contribution < 1.29 is 19.0 Å². The summed E-state index contributed by atoms with van der Waals surface area (Å²) in [4.78, 5) is 25.1. The number of nitrogens with zero attached hydrogens (tertiary/aromatic N) is 1. The van der Waals surface area contributed by atoms with E-state index in [1.54, 1.807) is 26.2 Å². The number of hydrogen-bond donors (Lipinski definition) is 1. The number of hydrogen-bond acceptors (Lipinski definition) is 6. The van der Waals surface area contributed by atoms with Gasteiger partial charge in [-0.3, -0.25) is 9.36 Å². The number of esters is 1. The van der Waals surface area contributed by atoms with Crippen molar-refractivity contribution in [2.75, 3.05) is 32.7 Å². The van der Waals surface area contributed by atoms with Crippen LogP contribution < -0.4 is 15.6 Å². The number of rotatable bonds is 5. The van der Waals surface area contributed by atoms with Crippen LogP contribution in [-0.4, -0.2) is 37.9 Å². The fraction of sp³-hybridized carbons (Fsp3) is 0.444. The van der Waals surface area contributed by atoms with E-state index in [9.17, 15) is 9.59 Å². The van der Waals surface area contributed by atoms with E-state index in [2.05, 4.69) is 5.32 Å². The highest BCUT2D eigenvalue weighted by atomic mass is 16.5. The lowest BCUT2D eigenvalue weighted by molar-refractivity contribution is 0.0526. The Balaban J connectivity index is 2.38. The van der Waals surface area contributed by atoms with E-state index in [1.807, 2.05) is 0 Å². The number of benzene rings is 1. The number of carbonyl (C=O) groups excluding carboxylic acids is 1. The molecule has 134 valence electrons. The van der Waals surface area contributed by atoms with Crippen LogP contribution in [0.15, 0.2) is 16.9 Å². The van der Waals surface area contributed by atoms with Gasteiger partial charge in [0.25, 0.3) is 5.56 Å². The molecule has 0 saturated heterocycles. The maximum Gasteiger partial charge on any atom is 0.338 e. The molecule has 25 heavy (non-hydrogen) atoms. The minimum absolute atomic E-state index is 0.0953. The topological polar surface area (TPSA) is 78.8 Å². The number of methoxy groups -OCH3 is 2. The minimum Gasteiger partial charge on any atom is -0.496 e. The van der Waals surface area contributed by atoms with Gasteiger partial charge >= 0.3 is 5.97 Å². The van der Waals surface area contributed by atoms with Crippen LogP contribution in [-0.2, 0) is 22.6 Å². The van der Waals surface area contributed by atoms with E-state index in [0.717, 1.165) is 29.6 Å². The Bertz CT molecular complexity index is 872. The number of pyridine rings is 1.